The lowest BCUT2D eigenvalue weighted by molar-refractivity contribution is -0.127. The first-order valence-electron chi connectivity index (χ1n) is 6.23. The Hall–Kier alpha value is -1.00. The third-order valence-corrected chi connectivity index (χ3v) is 4.18. The maximum Gasteiger partial charge on any atom is 0.232 e. The molecule has 2 rings (SSSR count). The number of hydrogen-bond acceptors (Lipinski definition) is 3. The van der Waals surface area contributed by atoms with Crippen molar-refractivity contribution in [2.75, 3.05) is 12.8 Å². The van der Waals surface area contributed by atoms with Gasteiger partial charge in [0.2, 0.25) is 5.91 Å². The Labute approximate surface area is 112 Å². The minimum atomic E-state index is 0.0814. The van der Waals surface area contributed by atoms with Gasteiger partial charge in [-0.25, -0.2) is 0 Å². The van der Waals surface area contributed by atoms with Crippen molar-refractivity contribution in [3.8, 4) is 0 Å². The van der Waals surface area contributed by atoms with Crippen LogP contribution in [0.4, 0.5) is 0 Å². The van der Waals surface area contributed by atoms with Crippen LogP contribution in [0.2, 0.25) is 0 Å². The Morgan fingerprint density at radius 3 is 2.50 bits per heavy atom. The van der Waals surface area contributed by atoms with Crippen molar-refractivity contribution in [1.82, 2.24) is 4.90 Å². The molecule has 98 valence electrons. The molecule has 18 heavy (non-hydrogen) atoms. The molecular weight excluding hydrogens is 246 g/mol. The maximum absolute atomic E-state index is 11.8. The molecule has 0 radical (unpaired) electrons. The molecule has 0 atom stereocenters. The summed E-state index contributed by atoms with van der Waals surface area (Å²) in [7, 11) is 1.90. The first-order chi connectivity index (χ1) is 8.70. The van der Waals surface area contributed by atoms with Crippen LogP contribution in [0.5, 0.6) is 0 Å². The van der Waals surface area contributed by atoms with Gasteiger partial charge in [0, 0.05) is 18.8 Å². The summed E-state index contributed by atoms with van der Waals surface area (Å²) in [6.07, 6.45) is 2.32. The summed E-state index contributed by atoms with van der Waals surface area (Å²) in [4.78, 5) is 13.7. The van der Waals surface area contributed by atoms with E-state index in [2.05, 4.69) is 0 Å². The van der Waals surface area contributed by atoms with E-state index in [1.807, 2.05) is 36.2 Å². The average Bonchev–Trinajstić information content (AvgIpc) is 3.23. The van der Waals surface area contributed by atoms with Crippen molar-refractivity contribution < 1.29 is 9.90 Å². The number of amides is 1. The summed E-state index contributed by atoms with van der Waals surface area (Å²) >= 11 is 1.65. The lowest BCUT2D eigenvalue weighted by Gasteiger charge is -2.15. The summed E-state index contributed by atoms with van der Waals surface area (Å²) < 4.78 is 0. The molecule has 0 saturated heterocycles. The van der Waals surface area contributed by atoms with Crippen molar-refractivity contribution in [3.63, 3.8) is 0 Å². The van der Waals surface area contributed by atoms with E-state index in [0.29, 0.717) is 11.8 Å². The zero-order chi connectivity index (χ0) is 13.0. The van der Waals surface area contributed by atoms with E-state index in [1.165, 1.54) is 5.56 Å². The number of carbonyl (C=O) groups excluding carboxylic acids is 1. The summed E-state index contributed by atoms with van der Waals surface area (Å²) in [5.74, 6) is 1.62. The normalized spacial score (nSPS) is 14.6. The van der Waals surface area contributed by atoms with Crippen LogP contribution in [0.1, 0.15) is 24.0 Å². The van der Waals surface area contributed by atoms with Gasteiger partial charge in [0.25, 0.3) is 0 Å². The molecule has 1 saturated carbocycles. The zero-order valence-electron chi connectivity index (χ0n) is 10.6. The van der Waals surface area contributed by atoms with Crippen molar-refractivity contribution in [2.24, 2.45) is 0 Å². The van der Waals surface area contributed by atoms with Gasteiger partial charge in [-0.1, -0.05) is 24.3 Å². The molecule has 0 unspecified atom stereocenters. The van der Waals surface area contributed by atoms with Crippen molar-refractivity contribution in [1.29, 1.82) is 0 Å². The molecule has 1 aromatic rings. The van der Waals surface area contributed by atoms with Crippen LogP contribution in [-0.2, 0) is 17.2 Å². The molecule has 0 aromatic heterocycles. The number of nitrogens with zero attached hydrogens (tertiary/aromatic N) is 1. The predicted octanol–water partition coefficient (Wildman–Crippen LogP) is 2.03. The highest BCUT2D eigenvalue weighted by Gasteiger charge is 2.29. The molecular formula is C14H19NO2S. The quantitative estimate of drug-likeness (QED) is 0.855. The van der Waals surface area contributed by atoms with Gasteiger partial charge in [0.15, 0.2) is 0 Å². The second kappa shape index (κ2) is 6.25. The fourth-order valence-electron chi connectivity index (χ4n) is 1.76. The Kier molecular flexibility index (Phi) is 4.66. The van der Waals surface area contributed by atoms with Crippen LogP contribution in [0.25, 0.3) is 0 Å². The van der Waals surface area contributed by atoms with E-state index in [9.17, 15) is 4.79 Å². The minimum Gasteiger partial charge on any atom is -0.392 e. The molecule has 3 nitrogen and oxygen atoms in total. The van der Waals surface area contributed by atoms with Gasteiger partial charge in [-0.3, -0.25) is 4.79 Å². The number of thioether (sulfide) groups is 1. The number of benzene rings is 1. The van der Waals surface area contributed by atoms with Gasteiger partial charge in [0.05, 0.1) is 12.4 Å². The molecule has 4 heteroatoms. The van der Waals surface area contributed by atoms with E-state index < -0.39 is 0 Å². The predicted molar refractivity (Wildman–Crippen MR) is 74.3 cm³/mol. The van der Waals surface area contributed by atoms with Gasteiger partial charge in [-0.05, 0) is 24.0 Å². The van der Waals surface area contributed by atoms with Gasteiger partial charge in [0.1, 0.15) is 0 Å². The van der Waals surface area contributed by atoms with Gasteiger partial charge in [-0.2, -0.15) is 0 Å². The molecule has 0 bridgehead atoms. The highest BCUT2D eigenvalue weighted by molar-refractivity contribution is 7.99. The molecule has 1 aliphatic carbocycles. The lowest BCUT2D eigenvalue weighted by Crippen LogP contribution is -2.30. The maximum atomic E-state index is 11.8. The standard InChI is InChI=1S/C14H19NO2S/c1-15(13-6-7-13)14(17)10-18-9-12-4-2-11(8-16)3-5-12/h2-5,13,16H,6-10H2,1H3. The monoisotopic (exact) mass is 265 g/mol. The molecule has 0 aliphatic heterocycles. The number of aliphatic hydroxyl groups is 1. The van der Waals surface area contributed by atoms with Crippen molar-refractivity contribution in [3.05, 3.63) is 35.4 Å². The Morgan fingerprint density at radius 2 is 1.94 bits per heavy atom. The Morgan fingerprint density at radius 1 is 1.33 bits per heavy atom. The summed E-state index contributed by atoms with van der Waals surface area (Å²) in [5.41, 5.74) is 2.12. The lowest BCUT2D eigenvalue weighted by atomic mass is 10.2. The second-order valence-electron chi connectivity index (χ2n) is 4.70. The van der Waals surface area contributed by atoms with Crippen molar-refractivity contribution >= 4 is 17.7 Å². The summed E-state index contributed by atoms with van der Waals surface area (Å²) in [6.45, 7) is 0.0814. The molecule has 1 aromatic carbocycles. The number of hydrogen-bond donors (Lipinski definition) is 1. The topological polar surface area (TPSA) is 40.5 Å². The number of rotatable bonds is 6. The Balaban J connectivity index is 1.72. The first kappa shape index (κ1) is 13.4. The number of aliphatic hydroxyl groups excluding tert-OH is 1. The SMILES string of the molecule is CN(C(=O)CSCc1ccc(CO)cc1)C1CC1. The fraction of sp³-hybridized carbons (Fsp3) is 0.500. The highest BCUT2D eigenvalue weighted by Crippen LogP contribution is 2.26. The van der Waals surface area contributed by atoms with E-state index in [-0.39, 0.29) is 12.5 Å². The van der Waals surface area contributed by atoms with E-state index in [1.54, 1.807) is 11.8 Å². The van der Waals surface area contributed by atoms with E-state index >= 15 is 0 Å². The molecule has 1 aliphatic rings. The van der Waals surface area contributed by atoms with Gasteiger partial charge < -0.3 is 10.0 Å². The smallest absolute Gasteiger partial charge is 0.232 e. The summed E-state index contributed by atoms with van der Waals surface area (Å²) in [6, 6.07) is 8.37. The van der Waals surface area contributed by atoms with E-state index in [0.717, 1.165) is 24.2 Å². The summed E-state index contributed by atoms with van der Waals surface area (Å²) in [5, 5.41) is 8.94. The van der Waals surface area contributed by atoms with Crippen LogP contribution in [0, 0.1) is 0 Å². The second-order valence-corrected chi connectivity index (χ2v) is 5.69. The van der Waals surface area contributed by atoms with Crippen LogP contribution < -0.4 is 0 Å². The highest BCUT2D eigenvalue weighted by atomic mass is 32.2. The zero-order valence-corrected chi connectivity index (χ0v) is 11.4. The fourth-order valence-corrected chi connectivity index (χ4v) is 2.67. The molecule has 0 heterocycles. The van der Waals surface area contributed by atoms with Gasteiger partial charge >= 0.3 is 0 Å². The average molecular weight is 265 g/mol. The molecule has 0 spiro atoms. The van der Waals surface area contributed by atoms with Crippen molar-refractivity contribution in [2.45, 2.75) is 31.2 Å². The Bertz CT molecular complexity index is 401. The first-order valence-corrected chi connectivity index (χ1v) is 7.38. The van der Waals surface area contributed by atoms with Crippen LogP contribution >= 0.6 is 11.8 Å². The third kappa shape index (κ3) is 3.75. The van der Waals surface area contributed by atoms with Crippen LogP contribution in [0.3, 0.4) is 0 Å². The van der Waals surface area contributed by atoms with Gasteiger partial charge in [-0.15, -0.1) is 11.8 Å². The third-order valence-electron chi connectivity index (χ3n) is 3.19. The van der Waals surface area contributed by atoms with E-state index in [4.69, 9.17) is 5.11 Å². The largest absolute Gasteiger partial charge is 0.392 e. The molecule has 1 N–H and O–H groups in total. The van der Waals surface area contributed by atoms with Crippen LogP contribution in [-0.4, -0.2) is 34.8 Å². The number of carbonyl (C=O) groups is 1. The molecule has 1 amide bonds. The molecule has 1 fully saturated rings. The van der Waals surface area contributed by atoms with Crippen LogP contribution in [0.15, 0.2) is 24.3 Å². The minimum absolute atomic E-state index is 0.0814.